The summed E-state index contributed by atoms with van der Waals surface area (Å²) >= 11 is 3.27. The molecule has 0 saturated carbocycles. The number of aliphatic imine (C=N–C) groups is 1. The third-order valence-electron chi connectivity index (χ3n) is 1.87. The van der Waals surface area contributed by atoms with Crippen molar-refractivity contribution in [2.75, 3.05) is 20.2 Å². The van der Waals surface area contributed by atoms with E-state index in [1.54, 1.807) is 0 Å². The molecule has 0 radical (unpaired) electrons. The fourth-order valence-corrected chi connectivity index (χ4v) is 1.16. The molecule has 0 aliphatic rings. The fraction of sp³-hybridized carbons (Fsp3) is 0.545. The van der Waals surface area contributed by atoms with Crippen LogP contribution in [0.4, 0.5) is 0 Å². The van der Waals surface area contributed by atoms with Crippen molar-refractivity contribution >= 4 is 20.6 Å². The van der Waals surface area contributed by atoms with Crippen LogP contribution in [-0.2, 0) is 0 Å². The number of allylic oxidation sites excluding steroid dienone is 1. The van der Waals surface area contributed by atoms with E-state index < -0.39 is 0 Å². The average molecular weight is 275 g/mol. The molecule has 0 unspecified atom stereocenters. The highest BCUT2D eigenvalue weighted by molar-refractivity contribution is 9.18. The van der Waals surface area contributed by atoms with E-state index in [9.17, 15) is 5.11 Å². The van der Waals surface area contributed by atoms with Gasteiger partial charge < -0.3 is 10.4 Å². The van der Waals surface area contributed by atoms with Crippen molar-refractivity contribution in [1.82, 2.24) is 5.32 Å². The van der Waals surface area contributed by atoms with Gasteiger partial charge in [-0.2, -0.15) is 0 Å². The van der Waals surface area contributed by atoms with Gasteiger partial charge in [-0.3, -0.25) is 4.99 Å². The van der Waals surface area contributed by atoms with Gasteiger partial charge in [0.1, 0.15) is 0 Å². The lowest BCUT2D eigenvalue weighted by molar-refractivity contribution is 0.333. The van der Waals surface area contributed by atoms with Crippen LogP contribution in [0.15, 0.2) is 28.4 Å². The van der Waals surface area contributed by atoms with E-state index >= 15 is 0 Å². The topological polar surface area (TPSA) is 44.6 Å². The van der Waals surface area contributed by atoms with Gasteiger partial charge in [0.2, 0.25) is 0 Å². The summed E-state index contributed by atoms with van der Waals surface area (Å²) < 4.78 is 0.854. The van der Waals surface area contributed by atoms with E-state index in [1.165, 1.54) is 0 Å². The van der Waals surface area contributed by atoms with E-state index in [4.69, 9.17) is 0 Å². The van der Waals surface area contributed by atoms with Crippen molar-refractivity contribution in [3.63, 3.8) is 0 Å². The zero-order valence-corrected chi connectivity index (χ0v) is 11.1. The van der Waals surface area contributed by atoms with Gasteiger partial charge in [0.15, 0.2) is 0 Å². The van der Waals surface area contributed by atoms with Crippen molar-refractivity contribution in [3.8, 4) is 0 Å². The van der Waals surface area contributed by atoms with Crippen molar-refractivity contribution in [3.05, 3.63) is 23.4 Å². The molecule has 15 heavy (non-hydrogen) atoms. The van der Waals surface area contributed by atoms with Crippen LogP contribution in [0.5, 0.6) is 0 Å². The van der Waals surface area contributed by atoms with E-state index in [2.05, 4.69) is 33.2 Å². The molecule has 0 atom stereocenters. The number of likely N-dealkylation sites (N-methyl/N-ethyl adjacent to an activating group) is 1. The van der Waals surface area contributed by atoms with Gasteiger partial charge in [-0.15, -0.1) is 0 Å². The standard InChI is InChI=1S/C11H19BrN2O/c1-4-5-6-10(8-15)11(13-3)7-14-9(2)12/h5-6,13,15H,4,7-8H2,1-3H3/b6-5?,11-10-,14-9+. The normalized spacial score (nSPS) is 14.3. The van der Waals surface area contributed by atoms with Crippen molar-refractivity contribution in [1.29, 1.82) is 0 Å². The number of nitrogens with zero attached hydrogens (tertiary/aromatic N) is 1. The molecule has 0 aromatic carbocycles. The summed E-state index contributed by atoms with van der Waals surface area (Å²) in [6.45, 7) is 4.53. The minimum atomic E-state index is 0.0313. The molecule has 0 heterocycles. The van der Waals surface area contributed by atoms with E-state index in [0.29, 0.717) is 6.54 Å². The van der Waals surface area contributed by atoms with Crippen LogP contribution in [0.3, 0.4) is 0 Å². The second-order valence-electron chi connectivity index (χ2n) is 3.04. The Morgan fingerprint density at radius 2 is 2.20 bits per heavy atom. The zero-order valence-electron chi connectivity index (χ0n) is 9.55. The molecular weight excluding hydrogens is 256 g/mol. The Kier molecular flexibility index (Phi) is 8.33. The third-order valence-corrected chi connectivity index (χ3v) is 2.12. The first-order chi connectivity index (χ1) is 7.15. The highest BCUT2D eigenvalue weighted by Crippen LogP contribution is 2.05. The molecular formula is C11H19BrN2O. The lowest BCUT2D eigenvalue weighted by Gasteiger charge is -2.08. The van der Waals surface area contributed by atoms with Crippen LogP contribution >= 0.6 is 15.9 Å². The molecule has 0 spiro atoms. The molecule has 0 saturated heterocycles. The van der Waals surface area contributed by atoms with Crippen LogP contribution in [-0.4, -0.2) is 29.9 Å². The van der Waals surface area contributed by atoms with Gasteiger partial charge in [0.05, 0.1) is 17.8 Å². The molecule has 0 aliphatic carbocycles. The molecule has 0 aromatic heterocycles. The van der Waals surface area contributed by atoms with Crippen LogP contribution in [0.25, 0.3) is 0 Å². The van der Waals surface area contributed by atoms with Gasteiger partial charge >= 0.3 is 0 Å². The molecule has 86 valence electrons. The summed E-state index contributed by atoms with van der Waals surface area (Å²) in [5, 5.41) is 12.3. The molecule has 0 aliphatic heterocycles. The SMILES string of the molecule is CCC=C/C(CO)=C(\C/N=C(\C)Br)NC. The van der Waals surface area contributed by atoms with Crippen LogP contribution < -0.4 is 5.32 Å². The molecule has 2 N–H and O–H groups in total. The number of halogens is 1. The molecule has 3 nitrogen and oxygen atoms in total. The average Bonchev–Trinajstić information content (AvgIpc) is 2.22. The Labute approximate surface area is 100 Å². The molecule has 0 amide bonds. The monoisotopic (exact) mass is 274 g/mol. The minimum absolute atomic E-state index is 0.0313. The summed E-state index contributed by atoms with van der Waals surface area (Å²) in [4.78, 5) is 4.24. The predicted molar refractivity (Wildman–Crippen MR) is 69.5 cm³/mol. The Hall–Kier alpha value is -0.610. The first kappa shape index (κ1) is 14.4. The Morgan fingerprint density at radius 1 is 1.53 bits per heavy atom. The van der Waals surface area contributed by atoms with E-state index in [0.717, 1.165) is 22.3 Å². The summed E-state index contributed by atoms with van der Waals surface area (Å²) in [6, 6.07) is 0. The summed E-state index contributed by atoms with van der Waals surface area (Å²) in [5.74, 6) is 0. The second kappa shape index (κ2) is 8.68. The van der Waals surface area contributed by atoms with Gasteiger partial charge in [0.25, 0.3) is 0 Å². The van der Waals surface area contributed by atoms with Gasteiger partial charge in [-0.25, -0.2) is 0 Å². The third kappa shape index (κ3) is 6.47. The Bertz CT molecular complexity index is 266. The molecule has 0 bridgehead atoms. The summed E-state index contributed by atoms with van der Waals surface area (Å²) in [6.07, 6.45) is 4.92. The number of hydrogen-bond donors (Lipinski definition) is 2. The smallest absolute Gasteiger partial charge is 0.0799 e. The lowest BCUT2D eigenvalue weighted by atomic mass is 10.2. The number of nitrogens with one attached hydrogen (secondary N) is 1. The van der Waals surface area contributed by atoms with Crippen molar-refractivity contribution in [2.45, 2.75) is 20.3 Å². The van der Waals surface area contributed by atoms with E-state index in [1.807, 2.05) is 26.1 Å². The van der Waals surface area contributed by atoms with Crippen LogP contribution in [0, 0.1) is 0 Å². The quantitative estimate of drug-likeness (QED) is 0.576. The number of aliphatic hydroxyl groups is 1. The van der Waals surface area contributed by atoms with E-state index in [-0.39, 0.29) is 6.61 Å². The molecule has 0 aromatic rings. The number of rotatable bonds is 6. The largest absolute Gasteiger partial charge is 0.392 e. The maximum absolute atomic E-state index is 9.21. The minimum Gasteiger partial charge on any atom is -0.392 e. The van der Waals surface area contributed by atoms with Crippen molar-refractivity contribution < 1.29 is 5.11 Å². The first-order valence-corrected chi connectivity index (χ1v) is 5.78. The maximum Gasteiger partial charge on any atom is 0.0799 e. The van der Waals surface area contributed by atoms with Crippen LogP contribution in [0.2, 0.25) is 0 Å². The highest BCUT2D eigenvalue weighted by atomic mass is 79.9. The van der Waals surface area contributed by atoms with Crippen LogP contribution in [0.1, 0.15) is 20.3 Å². The number of hydrogen-bond acceptors (Lipinski definition) is 3. The summed E-state index contributed by atoms with van der Waals surface area (Å²) in [7, 11) is 1.84. The highest BCUT2D eigenvalue weighted by Gasteiger charge is 2.00. The Morgan fingerprint density at radius 3 is 2.60 bits per heavy atom. The lowest BCUT2D eigenvalue weighted by Crippen LogP contribution is -2.13. The van der Waals surface area contributed by atoms with Gasteiger partial charge in [-0.05, 0) is 34.8 Å². The first-order valence-electron chi connectivity index (χ1n) is 4.99. The zero-order chi connectivity index (χ0) is 11.7. The molecule has 0 rings (SSSR count). The molecule has 4 heteroatoms. The number of aliphatic hydroxyl groups excluding tert-OH is 1. The van der Waals surface area contributed by atoms with Gasteiger partial charge in [0, 0.05) is 12.7 Å². The van der Waals surface area contributed by atoms with Gasteiger partial charge in [-0.1, -0.05) is 19.1 Å². The predicted octanol–water partition coefficient (Wildman–Crippen LogP) is 2.23. The Balaban J connectivity index is 4.73. The van der Waals surface area contributed by atoms with Crippen molar-refractivity contribution in [2.24, 2.45) is 4.99 Å². The maximum atomic E-state index is 9.21. The summed E-state index contributed by atoms with van der Waals surface area (Å²) in [5.41, 5.74) is 1.83. The second-order valence-corrected chi connectivity index (χ2v) is 4.18. The molecule has 0 fully saturated rings. The fourth-order valence-electron chi connectivity index (χ4n) is 1.04.